The summed E-state index contributed by atoms with van der Waals surface area (Å²) in [6, 6.07) is 5.74. The maximum absolute atomic E-state index is 12.1. The van der Waals surface area contributed by atoms with Gasteiger partial charge in [-0.05, 0) is 37.5 Å². The second-order valence-corrected chi connectivity index (χ2v) is 5.74. The maximum Gasteiger partial charge on any atom is 0.224 e. The second-order valence-electron chi connectivity index (χ2n) is 5.33. The van der Waals surface area contributed by atoms with Crippen LogP contribution in [0.15, 0.2) is 18.2 Å². The van der Waals surface area contributed by atoms with E-state index in [2.05, 4.69) is 5.32 Å². The van der Waals surface area contributed by atoms with Gasteiger partial charge in [0.2, 0.25) is 5.91 Å². The van der Waals surface area contributed by atoms with Crippen molar-refractivity contribution in [1.29, 1.82) is 0 Å². The van der Waals surface area contributed by atoms with Gasteiger partial charge in [-0.2, -0.15) is 0 Å². The average Bonchev–Trinajstić information content (AvgIpc) is 2.96. The van der Waals surface area contributed by atoms with Gasteiger partial charge in [-0.25, -0.2) is 0 Å². The van der Waals surface area contributed by atoms with E-state index < -0.39 is 0 Å². The summed E-state index contributed by atoms with van der Waals surface area (Å²) in [6.07, 6.45) is 2.65. The number of amides is 1. The summed E-state index contributed by atoms with van der Waals surface area (Å²) >= 11 is 6.10. The minimum Gasteiger partial charge on any atom is -0.380 e. The Hall–Kier alpha value is -1.26. The zero-order valence-corrected chi connectivity index (χ0v) is 12.6. The van der Waals surface area contributed by atoms with Crippen LogP contribution in [0.4, 0.5) is 5.69 Å². The smallest absolute Gasteiger partial charge is 0.224 e. The third kappa shape index (κ3) is 3.87. The van der Waals surface area contributed by atoms with Gasteiger partial charge in [-0.15, -0.1) is 0 Å². The van der Waals surface area contributed by atoms with Crippen molar-refractivity contribution in [3.05, 3.63) is 28.8 Å². The Morgan fingerprint density at radius 2 is 2.15 bits per heavy atom. The highest BCUT2D eigenvalue weighted by Crippen LogP contribution is 2.21. The van der Waals surface area contributed by atoms with E-state index in [1.165, 1.54) is 0 Å². The summed E-state index contributed by atoms with van der Waals surface area (Å²) in [5, 5.41) is 4.01. The van der Waals surface area contributed by atoms with Gasteiger partial charge in [-0.3, -0.25) is 4.79 Å². The SMILES string of the molecule is Cc1ccc(NC(CN)CC(=O)N2CCCC2)cc1Cl. The van der Waals surface area contributed by atoms with E-state index in [-0.39, 0.29) is 11.9 Å². The molecule has 1 fully saturated rings. The number of aryl methyl sites for hydroxylation is 1. The van der Waals surface area contributed by atoms with Crippen molar-refractivity contribution in [2.45, 2.75) is 32.2 Å². The summed E-state index contributed by atoms with van der Waals surface area (Å²) < 4.78 is 0. The maximum atomic E-state index is 12.1. The zero-order valence-electron chi connectivity index (χ0n) is 11.9. The molecule has 1 unspecified atom stereocenters. The van der Waals surface area contributed by atoms with E-state index in [1.54, 1.807) is 0 Å². The zero-order chi connectivity index (χ0) is 14.5. The van der Waals surface area contributed by atoms with Gasteiger partial charge in [0.25, 0.3) is 0 Å². The van der Waals surface area contributed by atoms with Crippen molar-refractivity contribution < 1.29 is 4.79 Å². The highest BCUT2D eigenvalue weighted by molar-refractivity contribution is 6.31. The lowest BCUT2D eigenvalue weighted by molar-refractivity contribution is -0.130. The lowest BCUT2D eigenvalue weighted by Gasteiger charge is -2.22. The number of likely N-dealkylation sites (tertiary alicyclic amines) is 1. The molecule has 0 spiro atoms. The number of hydrogen-bond acceptors (Lipinski definition) is 3. The number of hydrogen-bond donors (Lipinski definition) is 2. The molecule has 1 aromatic carbocycles. The van der Waals surface area contributed by atoms with Gasteiger partial charge in [0.1, 0.15) is 0 Å². The summed E-state index contributed by atoms with van der Waals surface area (Å²) in [5.74, 6) is 0.184. The molecule has 1 aliphatic heterocycles. The Morgan fingerprint density at radius 1 is 1.45 bits per heavy atom. The molecule has 1 amide bonds. The highest BCUT2D eigenvalue weighted by atomic mass is 35.5. The predicted molar refractivity (Wildman–Crippen MR) is 83.1 cm³/mol. The van der Waals surface area contributed by atoms with Crippen LogP contribution in [-0.2, 0) is 4.79 Å². The Labute approximate surface area is 125 Å². The lowest BCUT2D eigenvalue weighted by Crippen LogP contribution is -2.37. The molecular formula is C15H22ClN3O. The molecule has 5 heteroatoms. The van der Waals surface area contributed by atoms with E-state index >= 15 is 0 Å². The van der Waals surface area contributed by atoms with Crippen molar-refractivity contribution in [3.63, 3.8) is 0 Å². The molecule has 3 N–H and O–H groups in total. The van der Waals surface area contributed by atoms with Crippen LogP contribution in [0, 0.1) is 6.92 Å². The minimum absolute atomic E-state index is 0.0538. The Balaban J connectivity index is 1.94. The van der Waals surface area contributed by atoms with Gasteiger partial charge in [0.05, 0.1) is 0 Å². The Kier molecular flexibility index (Phi) is 5.26. The van der Waals surface area contributed by atoms with E-state index in [0.29, 0.717) is 13.0 Å². The van der Waals surface area contributed by atoms with Crippen LogP contribution in [-0.4, -0.2) is 36.5 Å². The number of carbonyl (C=O) groups is 1. The van der Waals surface area contributed by atoms with Gasteiger partial charge >= 0.3 is 0 Å². The van der Waals surface area contributed by atoms with E-state index in [9.17, 15) is 4.79 Å². The van der Waals surface area contributed by atoms with Crippen LogP contribution in [0.3, 0.4) is 0 Å². The topological polar surface area (TPSA) is 58.4 Å². The number of nitrogens with zero attached hydrogens (tertiary/aromatic N) is 1. The van der Waals surface area contributed by atoms with Crippen LogP contribution in [0.25, 0.3) is 0 Å². The second kappa shape index (κ2) is 6.95. The highest BCUT2D eigenvalue weighted by Gasteiger charge is 2.21. The molecule has 4 nitrogen and oxygen atoms in total. The predicted octanol–water partition coefficient (Wildman–Crippen LogP) is 2.40. The first kappa shape index (κ1) is 15.1. The number of nitrogens with one attached hydrogen (secondary N) is 1. The number of anilines is 1. The molecule has 1 aliphatic rings. The molecule has 0 bridgehead atoms. The largest absolute Gasteiger partial charge is 0.380 e. The van der Waals surface area contributed by atoms with Crippen molar-refractivity contribution in [2.24, 2.45) is 5.73 Å². The quantitative estimate of drug-likeness (QED) is 0.877. The fourth-order valence-electron chi connectivity index (χ4n) is 2.42. The molecule has 2 rings (SSSR count). The van der Waals surface area contributed by atoms with Crippen LogP contribution in [0.5, 0.6) is 0 Å². The van der Waals surface area contributed by atoms with E-state index in [0.717, 1.165) is 42.2 Å². The first-order valence-corrected chi connectivity index (χ1v) is 7.48. The van der Waals surface area contributed by atoms with Crippen molar-refractivity contribution in [2.75, 3.05) is 25.0 Å². The number of halogens is 1. The fraction of sp³-hybridized carbons (Fsp3) is 0.533. The molecule has 20 heavy (non-hydrogen) atoms. The number of rotatable bonds is 5. The Bertz CT molecular complexity index is 472. The molecule has 0 radical (unpaired) electrons. The molecule has 0 saturated carbocycles. The average molecular weight is 296 g/mol. The first-order chi connectivity index (χ1) is 9.60. The molecule has 0 aromatic heterocycles. The van der Waals surface area contributed by atoms with Crippen LogP contribution < -0.4 is 11.1 Å². The molecule has 1 saturated heterocycles. The first-order valence-electron chi connectivity index (χ1n) is 7.10. The fourth-order valence-corrected chi connectivity index (χ4v) is 2.60. The molecule has 110 valence electrons. The molecule has 1 atom stereocenters. The summed E-state index contributed by atoms with van der Waals surface area (Å²) in [6.45, 7) is 4.15. The standard InChI is InChI=1S/C15H22ClN3O/c1-11-4-5-12(8-14(11)16)18-13(10-17)9-15(20)19-6-2-3-7-19/h4-5,8,13,18H,2-3,6-7,9-10,17H2,1H3. The van der Waals surface area contributed by atoms with Crippen molar-refractivity contribution in [1.82, 2.24) is 4.90 Å². The van der Waals surface area contributed by atoms with Gasteiger partial charge < -0.3 is 16.0 Å². The third-order valence-corrected chi connectivity index (χ3v) is 4.11. The lowest BCUT2D eigenvalue weighted by atomic mass is 10.1. The van der Waals surface area contributed by atoms with Gasteiger partial charge in [-0.1, -0.05) is 17.7 Å². The summed E-state index contributed by atoms with van der Waals surface area (Å²) in [4.78, 5) is 14.1. The van der Waals surface area contributed by atoms with Crippen LogP contribution >= 0.6 is 11.6 Å². The summed E-state index contributed by atoms with van der Waals surface area (Å²) in [7, 11) is 0. The minimum atomic E-state index is -0.0538. The van der Waals surface area contributed by atoms with Gasteiger partial charge in [0.15, 0.2) is 0 Å². The number of nitrogens with two attached hydrogens (primary N) is 1. The summed E-state index contributed by atoms with van der Waals surface area (Å²) in [5.41, 5.74) is 7.71. The third-order valence-electron chi connectivity index (χ3n) is 3.71. The monoisotopic (exact) mass is 295 g/mol. The van der Waals surface area contributed by atoms with Crippen molar-refractivity contribution in [3.8, 4) is 0 Å². The molecular weight excluding hydrogens is 274 g/mol. The Morgan fingerprint density at radius 3 is 2.75 bits per heavy atom. The molecule has 1 heterocycles. The molecule has 1 aromatic rings. The molecule has 0 aliphatic carbocycles. The normalized spacial score (nSPS) is 16.2. The van der Waals surface area contributed by atoms with Crippen LogP contribution in [0.1, 0.15) is 24.8 Å². The number of carbonyl (C=O) groups excluding carboxylic acids is 1. The van der Waals surface area contributed by atoms with Gasteiger partial charge in [0, 0.05) is 42.8 Å². The number of benzene rings is 1. The van der Waals surface area contributed by atoms with Crippen molar-refractivity contribution >= 4 is 23.2 Å². The van der Waals surface area contributed by atoms with E-state index in [4.69, 9.17) is 17.3 Å². The van der Waals surface area contributed by atoms with Crippen LogP contribution in [0.2, 0.25) is 5.02 Å². The van der Waals surface area contributed by atoms with E-state index in [1.807, 2.05) is 30.0 Å².